The van der Waals surface area contributed by atoms with Gasteiger partial charge in [-0.15, -0.1) is 0 Å². The monoisotopic (exact) mass is 1270 g/mol. The van der Waals surface area contributed by atoms with Crippen LogP contribution >= 0.6 is 0 Å². The van der Waals surface area contributed by atoms with Gasteiger partial charge in [-0.25, -0.2) is 4.79 Å². The van der Waals surface area contributed by atoms with Gasteiger partial charge in [-0.1, -0.05) is 60.1 Å². The molecular formula is C59H96O29. The van der Waals surface area contributed by atoms with Crippen LogP contribution in [0.5, 0.6) is 0 Å². The van der Waals surface area contributed by atoms with Gasteiger partial charge in [0.2, 0.25) is 0 Å². The zero-order valence-electron chi connectivity index (χ0n) is 50.6. The first-order valence-corrected chi connectivity index (χ1v) is 31.0. The van der Waals surface area contributed by atoms with Crippen molar-refractivity contribution >= 4 is 5.97 Å². The predicted octanol–water partition coefficient (Wildman–Crippen LogP) is -5.06. The lowest BCUT2D eigenvalue weighted by Gasteiger charge is -2.72. The Labute approximate surface area is 509 Å². The zero-order valence-corrected chi connectivity index (χ0v) is 50.6. The van der Waals surface area contributed by atoms with E-state index in [0.29, 0.717) is 44.9 Å². The molecule has 0 spiro atoms. The lowest BCUT2D eigenvalue weighted by atomic mass is 9.33. The number of aliphatic hydroxyl groups excluding tert-OH is 17. The quantitative estimate of drug-likeness (QED) is 0.0539. The summed E-state index contributed by atoms with van der Waals surface area (Å²) < 4.78 is 60.2. The van der Waals surface area contributed by atoms with Crippen molar-refractivity contribution in [1.82, 2.24) is 0 Å². The molecule has 0 unspecified atom stereocenters. The van der Waals surface area contributed by atoms with E-state index in [0.717, 1.165) is 0 Å². The van der Waals surface area contributed by atoms with Crippen LogP contribution in [0.25, 0.3) is 0 Å². The molecule has 5 aliphatic carbocycles. The number of allylic oxidation sites excluding steroid dienone is 2. The standard InChI is InChI=1S/C59H96O29/c1-54(2)16-23-22-8-9-29-56(4)12-11-30(83-53-45(38(72)37(71)43(85-53)48(77)78)87-52-44(36(70)33(67)27(19-62)82-52)86-51-40(74)35(69)32(66)26(18-61)81-51)57(5,21-63)28(56)10-13-59(29,7)58(22,6)15-14-55(23,3)47(46(54)76)88-49-41(75)42(24(64)20-79-49)84-50-39(73)34(68)31(65)25(17-60)80-50/h8,23-47,49-53,60-76H,9-21H2,1-7H3,(H,77,78)/t23-,24+,25+,26+,27+,28+,29+,30-,31+,32+,33-,34-,35-,36-,37-,38-,39+,40+,41-,42-,43-,44+,45+,46-,47+,49-,50-,51-,52-,53+,55+,56-,57-,58+,59+/m0/s1. The second-order valence-electron chi connectivity index (χ2n) is 28.8. The van der Waals surface area contributed by atoms with Crippen LogP contribution < -0.4 is 0 Å². The number of carboxylic acids is 1. The van der Waals surface area contributed by atoms with Crippen LogP contribution in [-0.4, -0.2) is 297 Å². The van der Waals surface area contributed by atoms with E-state index in [9.17, 15) is 96.7 Å². The van der Waals surface area contributed by atoms with Crippen LogP contribution in [0.1, 0.15) is 99.8 Å². The van der Waals surface area contributed by atoms with Crippen LogP contribution in [0.3, 0.4) is 0 Å². The Bertz CT molecular complexity index is 2460. The molecule has 29 heteroatoms. The van der Waals surface area contributed by atoms with Crippen LogP contribution in [0.4, 0.5) is 0 Å². The van der Waals surface area contributed by atoms with E-state index >= 15 is 0 Å². The summed E-state index contributed by atoms with van der Waals surface area (Å²) in [7, 11) is 0. The van der Waals surface area contributed by atoms with E-state index < -0.39 is 225 Å². The Morgan fingerprint density at radius 3 is 1.60 bits per heavy atom. The Morgan fingerprint density at radius 1 is 0.523 bits per heavy atom. The van der Waals surface area contributed by atoms with E-state index in [4.69, 9.17) is 47.4 Å². The van der Waals surface area contributed by atoms with Gasteiger partial charge in [-0.2, -0.15) is 0 Å². The van der Waals surface area contributed by atoms with Crippen molar-refractivity contribution in [1.29, 1.82) is 0 Å². The Hall–Kier alpha value is -1.87. The maximum absolute atomic E-state index is 12.6. The molecule has 10 rings (SSSR count). The van der Waals surface area contributed by atoms with E-state index in [-0.39, 0.29) is 36.2 Å². The molecule has 10 aliphatic rings. The van der Waals surface area contributed by atoms with Crippen molar-refractivity contribution in [2.45, 2.75) is 266 Å². The molecule has 9 fully saturated rings. The summed E-state index contributed by atoms with van der Waals surface area (Å²) in [6, 6.07) is 0. The van der Waals surface area contributed by atoms with E-state index in [1.165, 1.54) is 5.57 Å². The highest BCUT2D eigenvalue weighted by Gasteiger charge is 2.71. The summed E-state index contributed by atoms with van der Waals surface area (Å²) >= 11 is 0. The first-order chi connectivity index (χ1) is 41.2. The van der Waals surface area contributed by atoms with Gasteiger partial charge >= 0.3 is 5.97 Å². The third-order valence-electron chi connectivity index (χ3n) is 23.6. The average molecular weight is 1270 g/mol. The highest BCUT2D eigenvalue weighted by molar-refractivity contribution is 5.73. The minimum atomic E-state index is -2.17. The van der Waals surface area contributed by atoms with E-state index in [2.05, 4.69) is 33.8 Å². The molecule has 506 valence electrons. The highest BCUT2D eigenvalue weighted by atomic mass is 16.8. The minimum Gasteiger partial charge on any atom is -0.479 e. The van der Waals surface area contributed by atoms with Crippen molar-refractivity contribution in [2.75, 3.05) is 33.0 Å². The van der Waals surface area contributed by atoms with Crippen LogP contribution in [0, 0.1) is 50.2 Å². The molecule has 0 amide bonds. The normalized spacial score (nSPS) is 55.5. The first-order valence-electron chi connectivity index (χ1n) is 31.0. The topological polar surface area (TPSA) is 474 Å². The minimum absolute atomic E-state index is 0.0245. The molecular weight excluding hydrogens is 1170 g/mol. The number of carboxylic acid groups (broad SMARTS) is 1. The second-order valence-corrected chi connectivity index (χ2v) is 28.8. The number of carbonyl (C=O) groups is 1. The highest BCUT2D eigenvalue weighted by Crippen LogP contribution is 2.76. The van der Waals surface area contributed by atoms with Crippen molar-refractivity contribution in [3.05, 3.63) is 11.6 Å². The average Bonchev–Trinajstić information content (AvgIpc) is 0.677. The van der Waals surface area contributed by atoms with Gasteiger partial charge in [-0.05, 0) is 90.8 Å². The molecule has 4 saturated carbocycles. The van der Waals surface area contributed by atoms with Gasteiger partial charge in [0.15, 0.2) is 37.6 Å². The maximum atomic E-state index is 12.6. The van der Waals surface area contributed by atoms with E-state index in [1.54, 1.807) is 0 Å². The molecule has 5 saturated heterocycles. The molecule has 18 N–H and O–H groups in total. The lowest BCUT2D eigenvalue weighted by molar-refractivity contribution is -0.397. The molecule has 5 aliphatic heterocycles. The molecule has 0 aromatic heterocycles. The molecule has 0 aromatic carbocycles. The number of hydrogen-bond donors (Lipinski definition) is 18. The smallest absolute Gasteiger partial charge is 0.335 e. The van der Waals surface area contributed by atoms with Gasteiger partial charge in [0.05, 0.1) is 51.3 Å². The molecule has 35 atom stereocenters. The SMILES string of the molecule is CC1(C)C[C@H]2C3=CC[C@@H]4[C@@]5(C)CC[C@H](O[C@@H]6O[C@H](C(=O)O)[C@@H](O)[C@H](O)[C@H]6O[C@@H]6O[C@H](CO)[C@H](O)[C@H](O)[C@H]6O[C@@H]6O[C@H](CO)[C@@H](O)[C@H](O)[C@H]6O)[C@@](C)(CO)[C@@H]5CC[C@@]4(C)[C@]3(C)CC[C@@]2(C)[C@H](O[C@@H]2OC[C@@H](O)[C@H](O[C@@H]3O[C@H](CO)[C@@H](O)[C@H](O)[C@H]3O)[C@@H]2O)[C@@H]1O. The summed E-state index contributed by atoms with van der Waals surface area (Å²) in [4.78, 5) is 12.6. The van der Waals surface area contributed by atoms with Gasteiger partial charge in [0.25, 0.3) is 0 Å². The number of aliphatic hydroxyl groups is 17. The molecule has 29 nitrogen and oxygen atoms in total. The summed E-state index contributed by atoms with van der Waals surface area (Å²) in [5.74, 6) is -2.05. The fourth-order valence-electron chi connectivity index (χ4n) is 17.9. The number of rotatable bonds is 15. The Morgan fingerprint density at radius 2 is 1.05 bits per heavy atom. The number of hydrogen-bond acceptors (Lipinski definition) is 28. The van der Waals surface area contributed by atoms with Crippen LogP contribution in [0.15, 0.2) is 11.6 Å². The molecule has 88 heavy (non-hydrogen) atoms. The van der Waals surface area contributed by atoms with E-state index in [1.807, 2.05) is 20.8 Å². The molecule has 0 aromatic rings. The number of aliphatic carboxylic acids is 1. The van der Waals surface area contributed by atoms with Crippen molar-refractivity contribution in [2.24, 2.45) is 50.2 Å². The Balaban J connectivity index is 0.892. The summed E-state index contributed by atoms with van der Waals surface area (Å²) in [6.07, 6.45) is -39.2. The molecule has 0 radical (unpaired) electrons. The van der Waals surface area contributed by atoms with Gasteiger partial charge in [0.1, 0.15) is 110 Å². The van der Waals surface area contributed by atoms with Crippen molar-refractivity contribution in [3.63, 3.8) is 0 Å². The largest absolute Gasteiger partial charge is 0.479 e. The summed E-state index contributed by atoms with van der Waals surface area (Å²) in [6.45, 7) is 11.5. The van der Waals surface area contributed by atoms with Gasteiger partial charge in [-0.3, -0.25) is 0 Å². The molecule has 0 bridgehead atoms. The third-order valence-corrected chi connectivity index (χ3v) is 23.6. The van der Waals surface area contributed by atoms with Crippen LogP contribution in [0.2, 0.25) is 0 Å². The molecule has 5 heterocycles. The van der Waals surface area contributed by atoms with Crippen LogP contribution in [-0.2, 0) is 52.2 Å². The van der Waals surface area contributed by atoms with Crippen molar-refractivity contribution < 1.29 is 144 Å². The maximum Gasteiger partial charge on any atom is 0.335 e. The summed E-state index contributed by atoms with van der Waals surface area (Å²) in [5.41, 5.74) is -2.58. The fourth-order valence-corrected chi connectivity index (χ4v) is 17.9. The Kier molecular flexibility index (Phi) is 19.9. The predicted molar refractivity (Wildman–Crippen MR) is 293 cm³/mol. The lowest BCUT2D eigenvalue weighted by Crippen LogP contribution is -2.69. The van der Waals surface area contributed by atoms with Gasteiger partial charge < -0.3 is 139 Å². The fraction of sp³-hybridized carbons (Fsp3) is 0.949. The first kappa shape index (κ1) is 69.0. The van der Waals surface area contributed by atoms with Crippen molar-refractivity contribution in [3.8, 4) is 0 Å². The zero-order chi connectivity index (χ0) is 64.4. The van der Waals surface area contributed by atoms with Gasteiger partial charge in [0, 0.05) is 10.8 Å². The number of ether oxygens (including phenoxy) is 10. The summed E-state index contributed by atoms with van der Waals surface area (Å²) in [5, 5.41) is 196. The third kappa shape index (κ3) is 11.2. The second kappa shape index (κ2) is 25.4. The number of fused-ring (bicyclic) bond motifs is 7.